The number of ether oxygens (including phenoxy) is 1. The molecule has 0 aliphatic carbocycles. The Morgan fingerprint density at radius 3 is 2.66 bits per heavy atom. The lowest BCUT2D eigenvalue weighted by Crippen LogP contribution is -2.32. The lowest BCUT2D eigenvalue weighted by Gasteiger charge is -2.27. The molecule has 0 saturated carbocycles. The van der Waals surface area contributed by atoms with Gasteiger partial charge in [0, 0.05) is 31.2 Å². The molecule has 0 saturated heterocycles. The van der Waals surface area contributed by atoms with E-state index in [2.05, 4.69) is 9.97 Å². The van der Waals surface area contributed by atoms with Crippen molar-refractivity contribution >= 4 is 39.0 Å². The summed E-state index contributed by atoms with van der Waals surface area (Å²) < 4.78 is 9.18. The summed E-state index contributed by atoms with van der Waals surface area (Å²) in [5.41, 5.74) is 3.28. The molecular weight excluding hydrogens is 502 g/mol. The Labute approximate surface area is 222 Å². The third-order valence-corrected chi connectivity index (χ3v) is 8.09. The summed E-state index contributed by atoms with van der Waals surface area (Å²) >= 11 is 1.27. The number of benzene rings is 2. The van der Waals surface area contributed by atoms with E-state index in [1.165, 1.54) is 11.3 Å². The Bertz CT molecular complexity index is 1700. The van der Waals surface area contributed by atoms with E-state index >= 15 is 0 Å². The van der Waals surface area contributed by atoms with Crippen molar-refractivity contribution < 1.29 is 19.4 Å². The average Bonchev–Trinajstić information content (AvgIpc) is 3.70. The largest absolute Gasteiger partial charge is 0.503 e. The van der Waals surface area contributed by atoms with Crippen LogP contribution < -0.4 is 4.74 Å². The summed E-state index contributed by atoms with van der Waals surface area (Å²) in [4.78, 5) is 38.9. The maximum atomic E-state index is 14.1. The third kappa shape index (κ3) is 3.84. The van der Waals surface area contributed by atoms with Crippen molar-refractivity contribution in [2.75, 3.05) is 13.7 Å². The van der Waals surface area contributed by atoms with Gasteiger partial charge in [0.05, 0.1) is 41.0 Å². The molecule has 1 unspecified atom stereocenters. The lowest BCUT2D eigenvalue weighted by atomic mass is 9.95. The molecule has 1 aliphatic rings. The Kier molecular flexibility index (Phi) is 5.96. The van der Waals surface area contributed by atoms with Gasteiger partial charge in [-0.2, -0.15) is 0 Å². The second-order valence-electron chi connectivity index (χ2n) is 9.15. The second-order valence-corrected chi connectivity index (χ2v) is 10.1. The van der Waals surface area contributed by atoms with Crippen LogP contribution in [0.15, 0.2) is 78.6 Å². The summed E-state index contributed by atoms with van der Waals surface area (Å²) in [6.45, 7) is 2.87. The predicted molar refractivity (Wildman–Crippen MR) is 144 cm³/mol. The monoisotopic (exact) mass is 527 g/mol. The number of Topliss-reactive ketones (excluding diaryl/α,β-unsaturated/α-hetero) is 1. The van der Waals surface area contributed by atoms with Crippen LogP contribution in [0.3, 0.4) is 0 Å². The zero-order valence-electron chi connectivity index (χ0n) is 20.9. The van der Waals surface area contributed by atoms with Crippen molar-refractivity contribution in [3.05, 3.63) is 94.7 Å². The highest BCUT2D eigenvalue weighted by Crippen LogP contribution is 2.41. The predicted octanol–water partition coefficient (Wildman–Crippen LogP) is 4.73. The molecule has 0 spiro atoms. The summed E-state index contributed by atoms with van der Waals surface area (Å²) in [5, 5.41) is 11.1. The Morgan fingerprint density at radius 2 is 1.92 bits per heavy atom. The van der Waals surface area contributed by atoms with Gasteiger partial charge in [-0.05, 0) is 43.2 Å². The molecule has 1 amide bonds. The first-order valence-electron chi connectivity index (χ1n) is 12.2. The Balaban J connectivity index is 1.39. The molecule has 0 radical (unpaired) electrons. The number of thiazole rings is 1. The number of imidazole rings is 2. The number of carbonyl (C=O) groups excluding carboxylic acids is 2. The van der Waals surface area contributed by atoms with Crippen molar-refractivity contribution in [2.45, 2.75) is 25.9 Å². The van der Waals surface area contributed by atoms with Crippen LogP contribution in [-0.4, -0.2) is 54.3 Å². The number of nitrogens with zero attached hydrogens (tertiary/aromatic N) is 5. The van der Waals surface area contributed by atoms with Crippen LogP contribution in [0.5, 0.6) is 5.75 Å². The van der Waals surface area contributed by atoms with Crippen LogP contribution in [0.2, 0.25) is 0 Å². The highest BCUT2D eigenvalue weighted by molar-refractivity contribution is 7.19. The van der Waals surface area contributed by atoms with Crippen molar-refractivity contribution in [3.8, 4) is 5.75 Å². The van der Waals surface area contributed by atoms with Gasteiger partial charge in [0.15, 0.2) is 10.7 Å². The SMILES string of the molecule is COc1ccc(C2C(C(=O)c3sc4nc5ccccc5n4c3C)=C(O)C(=O)N2CCCn2ccnc2)cc1. The number of ketones is 1. The molecule has 5 aromatic rings. The number of methoxy groups -OCH3 is 1. The van der Waals surface area contributed by atoms with E-state index in [4.69, 9.17) is 4.74 Å². The third-order valence-electron chi connectivity index (χ3n) is 6.95. The van der Waals surface area contributed by atoms with Gasteiger partial charge in [-0.15, -0.1) is 0 Å². The minimum Gasteiger partial charge on any atom is -0.503 e. The quantitative estimate of drug-likeness (QED) is 0.293. The van der Waals surface area contributed by atoms with Crippen molar-refractivity contribution in [3.63, 3.8) is 0 Å². The van der Waals surface area contributed by atoms with E-state index in [1.807, 2.05) is 58.5 Å². The number of amides is 1. The van der Waals surface area contributed by atoms with E-state index in [0.717, 1.165) is 22.3 Å². The summed E-state index contributed by atoms with van der Waals surface area (Å²) in [5.74, 6) is -0.767. The number of carbonyl (C=O) groups is 2. The first kappa shape index (κ1) is 23.9. The van der Waals surface area contributed by atoms with E-state index in [0.29, 0.717) is 35.1 Å². The maximum absolute atomic E-state index is 14.1. The van der Waals surface area contributed by atoms with Crippen LogP contribution in [0.4, 0.5) is 0 Å². The highest BCUT2D eigenvalue weighted by atomic mass is 32.1. The molecule has 4 heterocycles. The minimum atomic E-state index is -0.728. The zero-order valence-corrected chi connectivity index (χ0v) is 21.7. The van der Waals surface area contributed by atoms with Crippen molar-refractivity contribution in [1.82, 2.24) is 23.8 Å². The maximum Gasteiger partial charge on any atom is 0.290 e. The molecule has 0 fully saturated rings. The van der Waals surface area contributed by atoms with Gasteiger partial charge in [-0.3, -0.25) is 14.0 Å². The number of rotatable bonds is 8. The Hall–Kier alpha value is -4.44. The first-order valence-corrected chi connectivity index (χ1v) is 13.0. The number of aryl methyl sites for hydroxylation is 2. The molecule has 1 atom stereocenters. The van der Waals surface area contributed by atoms with E-state index in [-0.39, 0.29) is 11.4 Å². The van der Waals surface area contributed by atoms with Gasteiger partial charge < -0.3 is 19.3 Å². The minimum absolute atomic E-state index is 0.0831. The smallest absolute Gasteiger partial charge is 0.290 e. The normalized spacial score (nSPS) is 15.8. The van der Waals surface area contributed by atoms with E-state index < -0.39 is 17.7 Å². The average molecular weight is 528 g/mol. The van der Waals surface area contributed by atoms with Crippen LogP contribution in [-0.2, 0) is 11.3 Å². The summed E-state index contributed by atoms with van der Waals surface area (Å²) in [6, 6.07) is 14.3. The number of hydrogen-bond donors (Lipinski definition) is 1. The molecule has 1 N–H and O–H groups in total. The van der Waals surface area contributed by atoms with E-state index in [9.17, 15) is 14.7 Å². The lowest BCUT2D eigenvalue weighted by molar-refractivity contribution is -0.129. The fraction of sp³-hybridized carbons (Fsp3) is 0.214. The van der Waals surface area contributed by atoms with Crippen LogP contribution >= 0.6 is 11.3 Å². The molecule has 3 aromatic heterocycles. The number of hydrogen-bond acceptors (Lipinski definition) is 7. The fourth-order valence-corrected chi connectivity index (χ4v) is 6.18. The standard InChI is InChI=1S/C28H25N5O4S/c1-17-26(38-28-30-20-6-3-4-7-21(20)33(17)28)24(34)22-23(18-8-10-19(37-2)11-9-18)32(27(36)25(22)35)14-5-13-31-15-12-29-16-31/h3-4,6-12,15-16,23,35H,5,13-14H2,1-2H3. The number of aromatic nitrogens is 4. The van der Waals surface area contributed by atoms with E-state index in [1.54, 1.807) is 36.7 Å². The molecule has 1 aliphatic heterocycles. The molecule has 0 bridgehead atoms. The molecule has 2 aromatic carbocycles. The number of aliphatic hydroxyl groups excluding tert-OH is 1. The number of para-hydroxylation sites is 2. The van der Waals surface area contributed by atoms with Crippen molar-refractivity contribution in [2.24, 2.45) is 0 Å². The summed E-state index contributed by atoms with van der Waals surface area (Å²) in [6.07, 6.45) is 5.91. The molecular formula is C28H25N5O4S. The highest BCUT2D eigenvalue weighted by Gasteiger charge is 2.44. The fourth-order valence-electron chi connectivity index (χ4n) is 5.09. The first-order chi connectivity index (χ1) is 18.5. The molecule has 192 valence electrons. The molecule has 9 nitrogen and oxygen atoms in total. The zero-order chi connectivity index (χ0) is 26.4. The Morgan fingerprint density at radius 1 is 1.13 bits per heavy atom. The van der Waals surface area contributed by atoms with Crippen molar-refractivity contribution in [1.29, 1.82) is 0 Å². The van der Waals surface area contributed by atoms with Crippen LogP contribution in [0.25, 0.3) is 16.0 Å². The van der Waals surface area contributed by atoms with Gasteiger partial charge in [0.1, 0.15) is 5.75 Å². The van der Waals surface area contributed by atoms with Gasteiger partial charge >= 0.3 is 0 Å². The van der Waals surface area contributed by atoms with Gasteiger partial charge in [0.25, 0.3) is 5.91 Å². The van der Waals surface area contributed by atoms with Gasteiger partial charge in [-0.1, -0.05) is 35.6 Å². The summed E-state index contributed by atoms with van der Waals surface area (Å²) in [7, 11) is 1.58. The topological polar surface area (TPSA) is 102 Å². The van der Waals surface area contributed by atoms with Crippen LogP contribution in [0, 0.1) is 6.92 Å². The molecule has 10 heteroatoms. The second kappa shape index (κ2) is 9.46. The molecule has 6 rings (SSSR count). The molecule has 38 heavy (non-hydrogen) atoms. The van der Waals surface area contributed by atoms with Crippen LogP contribution in [0.1, 0.15) is 33.4 Å². The number of aliphatic hydroxyl groups is 1. The van der Waals surface area contributed by atoms with Gasteiger partial charge in [0.2, 0.25) is 5.78 Å². The van der Waals surface area contributed by atoms with Gasteiger partial charge in [-0.25, -0.2) is 9.97 Å². The number of fused-ring (bicyclic) bond motifs is 3.